The van der Waals surface area contributed by atoms with Crippen molar-refractivity contribution in [3.8, 4) is 0 Å². The third-order valence-corrected chi connectivity index (χ3v) is 5.68. The minimum atomic E-state index is -3.41. The maximum atomic E-state index is 12.1. The van der Waals surface area contributed by atoms with Crippen molar-refractivity contribution >= 4 is 31.7 Å². The van der Waals surface area contributed by atoms with Crippen LogP contribution in [-0.4, -0.2) is 26.1 Å². The summed E-state index contributed by atoms with van der Waals surface area (Å²) in [5.74, 6) is -0.369. The monoisotopic (exact) mass is 389 g/mol. The van der Waals surface area contributed by atoms with E-state index in [2.05, 4.69) is 28.2 Å². The molecule has 0 aliphatic carbocycles. The van der Waals surface area contributed by atoms with E-state index in [9.17, 15) is 13.2 Å². The van der Waals surface area contributed by atoms with Gasteiger partial charge in [0.15, 0.2) is 9.84 Å². The average Bonchev–Trinajstić information content (AvgIpc) is 2.46. The van der Waals surface area contributed by atoms with Gasteiger partial charge in [-0.05, 0) is 37.6 Å². The second-order valence-corrected chi connectivity index (χ2v) is 8.51. The van der Waals surface area contributed by atoms with Crippen LogP contribution in [0.25, 0.3) is 0 Å². The molecule has 0 bridgehead atoms. The second kappa shape index (κ2) is 9.30. The van der Waals surface area contributed by atoms with Crippen LogP contribution in [0.4, 0.5) is 0 Å². The number of hydrogen-bond donors (Lipinski definition) is 1. The molecule has 1 aromatic rings. The molecule has 1 aromatic carbocycles. The minimum Gasteiger partial charge on any atom is -0.354 e. The van der Waals surface area contributed by atoms with Crippen molar-refractivity contribution in [1.82, 2.24) is 5.32 Å². The van der Waals surface area contributed by atoms with Crippen molar-refractivity contribution in [2.24, 2.45) is 0 Å². The van der Waals surface area contributed by atoms with Crippen LogP contribution in [0, 0.1) is 0 Å². The fraction of sp³-hybridized carbons (Fsp3) is 0.562. The lowest BCUT2D eigenvalue weighted by molar-refractivity contribution is -0.121. The van der Waals surface area contributed by atoms with Crippen molar-refractivity contribution in [2.75, 3.05) is 5.75 Å². The van der Waals surface area contributed by atoms with E-state index in [1.807, 2.05) is 6.92 Å². The maximum Gasteiger partial charge on any atom is 0.221 e. The molecule has 22 heavy (non-hydrogen) atoms. The molecule has 0 aromatic heterocycles. The van der Waals surface area contributed by atoms with Crippen molar-refractivity contribution in [1.29, 1.82) is 0 Å². The van der Waals surface area contributed by atoms with Gasteiger partial charge in [0, 0.05) is 16.9 Å². The van der Waals surface area contributed by atoms with Gasteiger partial charge in [-0.1, -0.05) is 42.1 Å². The number of carbonyl (C=O) groups is 1. The van der Waals surface area contributed by atoms with Crippen LogP contribution in [0.15, 0.2) is 33.6 Å². The third-order valence-electron chi connectivity index (χ3n) is 3.42. The topological polar surface area (TPSA) is 63.2 Å². The van der Waals surface area contributed by atoms with Crippen molar-refractivity contribution < 1.29 is 13.2 Å². The zero-order chi connectivity index (χ0) is 16.6. The number of benzene rings is 1. The van der Waals surface area contributed by atoms with E-state index in [4.69, 9.17) is 0 Å². The standard InChI is InChI=1S/C16H24BrNO3S/c1-3-4-5-6-13(2)18-16(19)11-12-22(20,21)15-9-7-14(17)8-10-15/h7-10,13H,3-6,11-12H2,1-2H3,(H,18,19)/t13-/m1/s1. The van der Waals surface area contributed by atoms with E-state index < -0.39 is 9.84 Å². The van der Waals surface area contributed by atoms with Crippen LogP contribution < -0.4 is 5.32 Å². The SMILES string of the molecule is CCCCC[C@@H](C)NC(=O)CCS(=O)(=O)c1ccc(Br)cc1. The summed E-state index contributed by atoms with van der Waals surface area (Å²) < 4.78 is 25.1. The number of unbranched alkanes of at least 4 members (excludes halogenated alkanes) is 2. The van der Waals surface area contributed by atoms with E-state index in [0.717, 1.165) is 30.2 Å². The van der Waals surface area contributed by atoms with Gasteiger partial charge in [0.25, 0.3) is 0 Å². The molecule has 0 unspecified atom stereocenters. The summed E-state index contributed by atoms with van der Waals surface area (Å²) in [4.78, 5) is 12.1. The van der Waals surface area contributed by atoms with Gasteiger partial charge in [-0.2, -0.15) is 0 Å². The summed E-state index contributed by atoms with van der Waals surface area (Å²) in [6.07, 6.45) is 4.30. The molecule has 4 nitrogen and oxygen atoms in total. The van der Waals surface area contributed by atoms with E-state index in [1.165, 1.54) is 0 Å². The smallest absolute Gasteiger partial charge is 0.221 e. The quantitative estimate of drug-likeness (QED) is 0.654. The predicted molar refractivity (Wildman–Crippen MR) is 92.6 cm³/mol. The molecule has 6 heteroatoms. The Morgan fingerprint density at radius 2 is 1.86 bits per heavy atom. The zero-order valence-electron chi connectivity index (χ0n) is 13.1. The first-order valence-corrected chi connectivity index (χ1v) is 10.1. The minimum absolute atomic E-state index is 0.00346. The molecule has 0 spiro atoms. The lowest BCUT2D eigenvalue weighted by atomic mass is 10.1. The van der Waals surface area contributed by atoms with Crippen LogP contribution in [0.1, 0.15) is 46.0 Å². The molecular weight excluding hydrogens is 366 g/mol. The molecule has 0 saturated heterocycles. The lowest BCUT2D eigenvalue weighted by Gasteiger charge is -2.13. The molecule has 124 valence electrons. The average molecular weight is 390 g/mol. The lowest BCUT2D eigenvalue weighted by Crippen LogP contribution is -2.33. The van der Waals surface area contributed by atoms with Crippen LogP contribution >= 0.6 is 15.9 Å². The number of amides is 1. The van der Waals surface area contributed by atoms with Crippen molar-refractivity contribution in [3.63, 3.8) is 0 Å². The number of hydrogen-bond acceptors (Lipinski definition) is 3. The Labute approximate surface area is 141 Å². The summed E-state index contributed by atoms with van der Waals surface area (Å²) in [5, 5.41) is 2.86. The number of rotatable bonds is 9. The molecule has 1 N–H and O–H groups in total. The van der Waals surface area contributed by atoms with Gasteiger partial charge in [0.2, 0.25) is 5.91 Å². The van der Waals surface area contributed by atoms with Gasteiger partial charge in [0.1, 0.15) is 0 Å². The molecule has 1 atom stereocenters. The van der Waals surface area contributed by atoms with Crippen LogP contribution in [0.2, 0.25) is 0 Å². The van der Waals surface area contributed by atoms with E-state index in [0.29, 0.717) is 0 Å². The van der Waals surface area contributed by atoms with E-state index >= 15 is 0 Å². The molecule has 0 aliphatic rings. The zero-order valence-corrected chi connectivity index (χ0v) is 15.5. The number of halogens is 1. The summed E-state index contributed by atoms with van der Waals surface area (Å²) in [6, 6.07) is 6.55. The summed E-state index contributed by atoms with van der Waals surface area (Å²) in [6.45, 7) is 4.09. The van der Waals surface area contributed by atoms with Gasteiger partial charge in [-0.3, -0.25) is 4.79 Å². The summed E-state index contributed by atoms with van der Waals surface area (Å²) in [7, 11) is -3.41. The Hall–Kier alpha value is -0.880. The van der Waals surface area contributed by atoms with Gasteiger partial charge < -0.3 is 5.32 Å². The molecule has 0 saturated carbocycles. The first-order chi connectivity index (χ1) is 10.3. The van der Waals surface area contributed by atoms with Gasteiger partial charge >= 0.3 is 0 Å². The normalized spacial score (nSPS) is 12.9. The Balaban J connectivity index is 2.44. The van der Waals surface area contributed by atoms with Crippen LogP contribution in [0.5, 0.6) is 0 Å². The highest BCUT2D eigenvalue weighted by Crippen LogP contribution is 2.16. The Morgan fingerprint density at radius 1 is 1.23 bits per heavy atom. The Bertz CT molecular complexity index is 570. The van der Waals surface area contributed by atoms with Gasteiger partial charge in [-0.25, -0.2) is 8.42 Å². The maximum absolute atomic E-state index is 12.1. The molecule has 1 amide bonds. The molecule has 0 radical (unpaired) electrons. The van der Waals surface area contributed by atoms with Gasteiger partial charge in [-0.15, -0.1) is 0 Å². The highest BCUT2D eigenvalue weighted by atomic mass is 79.9. The number of sulfone groups is 1. The summed E-state index contributed by atoms with van der Waals surface area (Å²) >= 11 is 3.27. The van der Waals surface area contributed by atoms with E-state index in [-0.39, 0.29) is 29.0 Å². The Kier molecular flexibility index (Phi) is 8.10. The second-order valence-electron chi connectivity index (χ2n) is 5.49. The molecule has 1 rings (SSSR count). The highest BCUT2D eigenvalue weighted by Gasteiger charge is 2.17. The number of nitrogens with one attached hydrogen (secondary N) is 1. The first kappa shape index (κ1) is 19.2. The molecule has 0 aliphatic heterocycles. The van der Waals surface area contributed by atoms with Crippen molar-refractivity contribution in [3.05, 3.63) is 28.7 Å². The molecule has 0 heterocycles. The fourth-order valence-corrected chi connectivity index (χ4v) is 3.61. The molecular formula is C16H24BrNO3S. The largest absolute Gasteiger partial charge is 0.354 e. The van der Waals surface area contributed by atoms with Crippen LogP contribution in [-0.2, 0) is 14.6 Å². The Morgan fingerprint density at radius 3 is 2.45 bits per heavy atom. The van der Waals surface area contributed by atoms with Crippen LogP contribution in [0.3, 0.4) is 0 Å². The van der Waals surface area contributed by atoms with Crippen molar-refractivity contribution in [2.45, 2.75) is 56.9 Å². The predicted octanol–water partition coefficient (Wildman–Crippen LogP) is 3.70. The number of carbonyl (C=O) groups excluding carboxylic acids is 1. The summed E-state index contributed by atoms with van der Waals surface area (Å²) in [5.41, 5.74) is 0. The first-order valence-electron chi connectivity index (χ1n) is 7.63. The van der Waals surface area contributed by atoms with Gasteiger partial charge in [0.05, 0.1) is 10.6 Å². The fourth-order valence-electron chi connectivity index (χ4n) is 2.11. The highest BCUT2D eigenvalue weighted by molar-refractivity contribution is 9.10. The van der Waals surface area contributed by atoms with E-state index in [1.54, 1.807) is 24.3 Å². The third kappa shape index (κ3) is 6.92. The molecule has 0 fully saturated rings.